The molecule has 1 N–H and O–H groups in total. The maximum absolute atomic E-state index is 11.7. The van der Waals surface area contributed by atoms with Gasteiger partial charge in [0.25, 0.3) is 0 Å². The molecule has 110 valence electrons. The minimum absolute atomic E-state index is 0.568. The van der Waals surface area contributed by atoms with Crippen LogP contribution >= 0.6 is 0 Å². The van der Waals surface area contributed by atoms with Crippen LogP contribution in [-0.4, -0.2) is 27.5 Å². The van der Waals surface area contributed by atoms with Crippen LogP contribution in [0.4, 0.5) is 0 Å². The molecule has 22 heavy (non-hydrogen) atoms. The number of aromatic amines is 1. The van der Waals surface area contributed by atoms with Gasteiger partial charge >= 0.3 is 0 Å². The third-order valence-electron chi connectivity index (χ3n) is 3.37. The van der Waals surface area contributed by atoms with Gasteiger partial charge < -0.3 is 9.72 Å². The molecule has 1 heterocycles. The summed E-state index contributed by atoms with van der Waals surface area (Å²) in [6.45, 7) is 0. The summed E-state index contributed by atoms with van der Waals surface area (Å²) < 4.78 is 17.1. The molecule has 5 nitrogen and oxygen atoms in total. The van der Waals surface area contributed by atoms with E-state index in [0.717, 1.165) is 16.6 Å². The summed E-state index contributed by atoms with van der Waals surface area (Å²) in [5.74, 6) is 1.27. The topological polar surface area (TPSA) is 78.8 Å². The number of hydrogen-bond acceptors (Lipinski definition) is 4. The minimum Gasteiger partial charge on any atom is -0.496 e. The van der Waals surface area contributed by atoms with Crippen LogP contribution in [0.1, 0.15) is 5.56 Å². The molecule has 1 unspecified atom stereocenters. The third kappa shape index (κ3) is 2.47. The van der Waals surface area contributed by atoms with Gasteiger partial charge in [0.2, 0.25) is 0 Å². The quantitative estimate of drug-likeness (QED) is 0.806. The number of fused-ring (bicyclic) bond motifs is 1. The van der Waals surface area contributed by atoms with E-state index in [1.165, 1.54) is 0 Å². The molecule has 0 radical (unpaired) electrons. The van der Waals surface area contributed by atoms with Crippen molar-refractivity contribution in [1.82, 2.24) is 9.97 Å². The lowest BCUT2D eigenvalue weighted by Crippen LogP contribution is -1.93. The zero-order valence-electron chi connectivity index (χ0n) is 12.1. The van der Waals surface area contributed by atoms with Crippen molar-refractivity contribution in [2.24, 2.45) is 0 Å². The molecule has 0 saturated carbocycles. The van der Waals surface area contributed by atoms with Crippen LogP contribution in [0.25, 0.3) is 22.4 Å². The third-order valence-corrected chi connectivity index (χ3v) is 4.29. The number of nitriles is 1. The number of imidazole rings is 1. The summed E-state index contributed by atoms with van der Waals surface area (Å²) in [6.07, 6.45) is 1.63. The fraction of sp³-hybridized carbons (Fsp3) is 0.125. The lowest BCUT2D eigenvalue weighted by Gasteiger charge is -2.07. The molecule has 0 aliphatic rings. The van der Waals surface area contributed by atoms with Gasteiger partial charge in [0.15, 0.2) is 0 Å². The van der Waals surface area contributed by atoms with Gasteiger partial charge in [-0.15, -0.1) is 0 Å². The fourth-order valence-corrected chi connectivity index (χ4v) is 2.80. The molecule has 1 aromatic heterocycles. The molecular weight excluding hydrogens is 298 g/mol. The number of nitrogens with one attached hydrogen (secondary N) is 1. The Balaban J connectivity index is 2.19. The monoisotopic (exact) mass is 311 g/mol. The number of hydrogen-bond donors (Lipinski definition) is 1. The SMILES string of the molecule is COc1ccc(S(C)=O)cc1-c1nc2ccc(C#N)cc2[nH]1. The highest BCUT2D eigenvalue weighted by molar-refractivity contribution is 7.84. The van der Waals surface area contributed by atoms with Gasteiger partial charge in [-0.2, -0.15) is 5.26 Å². The van der Waals surface area contributed by atoms with Crippen LogP contribution in [0, 0.1) is 11.3 Å². The number of nitrogens with zero attached hydrogens (tertiary/aromatic N) is 2. The van der Waals surface area contributed by atoms with Crippen molar-refractivity contribution in [1.29, 1.82) is 5.26 Å². The van der Waals surface area contributed by atoms with E-state index in [4.69, 9.17) is 10.00 Å². The Morgan fingerprint density at radius 2 is 2.09 bits per heavy atom. The molecule has 3 rings (SSSR count). The van der Waals surface area contributed by atoms with Gasteiger partial charge in [0.1, 0.15) is 11.6 Å². The summed E-state index contributed by atoms with van der Waals surface area (Å²) in [5, 5.41) is 8.96. The van der Waals surface area contributed by atoms with Gasteiger partial charge in [-0.1, -0.05) is 0 Å². The molecule has 0 fully saturated rings. The van der Waals surface area contributed by atoms with E-state index < -0.39 is 10.8 Å². The first kappa shape index (κ1) is 14.3. The summed E-state index contributed by atoms with van der Waals surface area (Å²) in [7, 11) is 0.495. The number of aromatic nitrogens is 2. The van der Waals surface area contributed by atoms with Gasteiger partial charge in [-0.25, -0.2) is 4.98 Å². The number of methoxy groups -OCH3 is 1. The summed E-state index contributed by atoms with van der Waals surface area (Å²) in [4.78, 5) is 8.41. The standard InChI is InChI=1S/C16H13N3O2S/c1-21-15-6-4-11(22(2)20)8-12(15)16-18-13-5-3-10(9-17)7-14(13)19-16/h3-8H,1-2H3,(H,18,19). The zero-order chi connectivity index (χ0) is 15.7. The van der Waals surface area contributed by atoms with Crippen molar-refractivity contribution in [3.63, 3.8) is 0 Å². The molecule has 0 spiro atoms. The fourth-order valence-electron chi connectivity index (χ4n) is 2.26. The number of benzene rings is 2. The molecule has 3 aromatic rings. The average Bonchev–Trinajstić information content (AvgIpc) is 2.96. The Hall–Kier alpha value is -2.65. The van der Waals surface area contributed by atoms with Crippen LogP contribution in [0.3, 0.4) is 0 Å². The Bertz CT molecular complexity index is 925. The Kier molecular flexibility index (Phi) is 3.65. The first-order valence-electron chi connectivity index (χ1n) is 6.54. The molecule has 2 aromatic carbocycles. The normalized spacial score (nSPS) is 12.0. The summed E-state index contributed by atoms with van der Waals surface area (Å²) >= 11 is 0. The predicted octanol–water partition coefficient (Wildman–Crippen LogP) is 2.85. The Morgan fingerprint density at radius 1 is 1.27 bits per heavy atom. The molecular formula is C16H13N3O2S. The Labute approximate surface area is 130 Å². The van der Waals surface area contributed by atoms with E-state index in [1.54, 1.807) is 49.8 Å². The van der Waals surface area contributed by atoms with Crippen molar-refractivity contribution < 1.29 is 8.95 Å². The highest BCUT2D eigenvalue weighted by Crippen LogP contribution is 2.31. The van der Waals surface area contributed by atoms with Crippen LogP contribution in [-0.2, 0) is 10.8 Å². The highest BCUT2D eigenvalue weighted by atomic mass is 32.2. The van der Waals surface area contributed by atoms with Crippen LogP contribution < -0.4 is 4.74 Å². The number of H-pyrrole nitrogens is 1. The predicted molar refractivity (Wildman–Crippen MR) is 85.1 cm³/mol. The van der Waals surface area contributed by atoms with E-state index in [0.29, 0.717) is 22.0 Å². The molecule has 0 saturated heterocycles. The van der Waals surface area contributed by atoms with Crippen molar-refractivity contribution in [2.75, 3.05) is 13.4 Å². The maximum atomic E-state index is 11.7. The lowest BCUT2D eigenvalue weighted by atomic mass is 10.2. The van der Waals surface area contributed by atoms with Crippen molar-refractivity contribution in [2.45, 2.75) is 4.90 Å². The summed E-state index contributed by atoms with van der Waals surface area (Å²) in [6, 6.07) is 12.7. The second-order valence-electron chi connectivity index (χ2n) is 4.75. The molecule has 6 heteroatoms. The van der Waals surface area contributed by atoms with E-state index in [2.05, 4.69) is 16.0 Å². The lowest BCUT2D eigenvalue weighted by molar-refractivity contribution is 0.416. The van der Waals surface area contributed by atoms with Crippen molar-refractivity contribution in [3.8, 4) is 23.2 Å². The molecule has 0 amide bonds. The van der Waals surface area contributed by atoms with Gasteiger partial charge in [-0.05, 0) is 36.4 Å². The van der Waals surface area contributed by atoms with E-state index >= 15 is 0 Å². The van der Waals surface area contributed by atoms with E-state index in [9.17, 15) is 4.21 Å². The van der Waals surface area contributed by atoms with Gasteiger partial charge in [-0.3, -0.25) is 4.21 Å². The van der Waals surface area contributed by atoms with Crippen LogP contribution in [0.15, 0.2) is 41.3 Å². The van der Waals surface area contributed by atoms with E-state index in [1.807, 2.05) is 0 Å². The smallest absolute Gasteiger partial charge is 0.142 e. The molecule has 1 atom stereocenters. The number of rotatable bonds is 3. The highest BCUT2D eigenvalue weighted by Gasteiger charge is 2.13. The molecule has 0 bridgehead atoms. The van der Waals surface area contributed by atoms with Crippen molar-refractivity contribution in [3.05, 3.63) is 42.0 Å². The minimum atomic E-state index is -1.09. The maximum Gasteiger partial charge on any atom is 0.142 e. The Morgan fingerprint density at radius 3 is 2.77 bits per heavy atom. The van der Waals surface area contributed by atoms with Gasteiger partial charge in [0, 0.05) is 22.0 Å². The van der Waals surface area contributed by atoms with E-state index in [-0.39, 0.29) is 0 Å². The largest absolute Gasteiger partial charge is 0.496 e. The second kappa shape index (κ2) is 5.62. The first-order chi connectivity index (χ1) is 10.6. The van der Waals surface area contributed by atoms with Crippen LogP contribution in [0.2, 0.25) is 0 Å². The average molecular weight is 311 g/mol. The summed E-state index contributed by atoms with van der Waals surface area (Å²) in [5.41, 5.74) is 2.85. The first-order valence-corrected chi connectivity index (χ1v) is 8.10. The van der Waals surface area contributed by atoms with Crippen molar-refractivity contribution >= 4 is 21.8 Å². The molecule has 0 aliphatic carbocycles. The van der Waals surface area contributed by atoms with Crippen LogP contribution in [0.5, 0.6) is 5.75 Å². The molecule has 0 aliphatic heterocycles. The zero-order valence-corrected chi connectivity index (χ0v) is 12.9. The van der Waals surface area contributed by atoms with Gasteiger partial charge in [0.05, 0.1) is 35.3 Å². The number of ether oxygens (including phenoxy) is 1. The second-order valence-corrected chi connectivity index (χ2v) is 6.13.